The maximum absolute atomic E-state index is 10.8. The summed E-state index contributed by atoms with van der Waals surface area (Å²) in [7, 11) is 0. The SMILES string of the molecule is CC(=O)/C=C(/C)Cc1ccccc1. The van der Waals surface area contributed by atoms with Crippen molar-refractivity contribution in [3.8, 4) is 0 Å². The number of benzene rings is 1. The minimum Gasteiger partial charge on any atom is -0.295 e. The van der Waals surface area contributed by atoms with Gasteiger partial charge in [-0.05, 0) is 31.9 Å². The van der Waals surface area contributed by atoms with Gasteiger partial charge in [0, 0.05) is 0 Å². The van der Waals surface area contributed by atoms with Gasteiger partial charge in [-0.3, -0.25) is 4.79 Å². The molecule has 0 saturated heterocycles. The van der Waals surface area contributed by atoms with Crippen LogP contribution < -0.4 is 0 Å². The average molecular weight is 174 g/mol. The Morgan fingerprint density at radius 3 is 2.38 bits per heavy atom. The van der Waals surface area contributed by atoms with E-state index in [4.69, 9.17) is 0 Å². The Labute approximate surface area is 79.1 Å². The van der Waals surface area contributed by atoms with Crippen LogP contribution in [0.2, 0.25) is 0 Å². The molecule has 0 saturated carbocycles. The number of carbonyl (C=O) groups is 1. The Kier molecular flexibility index (Phi) is 3.44. The zero-order valence-electron chi connectivity index (χ0n) is 8.08. The predicted octanol–water partition coefficient (Wildman–Crippen LogP) is 2.76. The van der Waals surface area contributed by atoms with E-state index in [1.165, 1.54) is 5.56 Å². The molecule has 0 aliphatic heterocycles. The highest BCUT2D eigenvalue weighted by Gasteiger charge is 1.94. The highest BCUT2D eigenvalue weighted by molar-refractivity contribution is 5.87. The van der Waals surface area contributed by atoms with Gasteiger partial charge in [0.1, 0.15) is 0 Å². The van der Waals surface area contributed by atoms with Crippen molar-refractivity contribution in [3.63, 3.8) is 0 Å². The van der Waals surface area contributed by atoms with Gasteiger partial charge < -0.3 is 0 Å². The Morgan fingerprint density at radius 1 is 1.23 bits per heavy atom. The third-order valence-electron chi connectivity index (χ3n) is 1.78. The summed E-state index contributed by atoms with van der Waals surface area (Å²) in [5.74, 6) is 0.119. The van der Waals surface area contributed by atoms with E-state index in [1.54, 1.807) is 13.0 Å². The van der Waals surface area contributed by atoms with Gasteiger partial charge in [-0.2, -0.15) is 0 Å². The Bertz CT molecular complexity index is 309. The van der Waals surface area contributed by atoms with Gasteiger partial charge in [0.15, 0.2) is 5.78 Å². The third-order valence-corrected chi connectivity index (χ3v) is 1.78. The van der Waals surface area contributed by atoms with Gasteiger partial charge >= 0.3 is 0 Å². The van der Waals surface area contributed by atoms with Gasteiger partial charge in [-0.1, -0.05) is 35.9 Å². The monoisotopic (exact) mass is 174 g/mol. The fourth-order valence-electron chi connectivity index (χ4n) is 1.32. The standard InChI is InChI=1S/C12H14O/c1-10(8-11(2)13)9-12-6-4-3-5-7-12/h3-8H,9H2,1-2H3/b10-8-. The van der Waals surface area contributed by atoms with E-state index >= 15 is 0 Å². The van der Waals surface area contributed by atoms with Crippen LogP contribution >= 0.6 is 0 Å². The summed E-state index contributed by atoms with van der Waals surface area (Å²) in [6.45, 7) is 3.56. The van der Waals surface area contributed by atoms with Crippen LogP contribution in [-0.2, 0) is 11.2 Å². The summed E-state index contributed by atoms with van der Waals surface area (Å²) in [5, 5.41) is 0. The normalized spacial score (nSPS) is 11.4. The van der Waals surface area contributed by atoms with E-state index < -0.39 is 0 Å². The molecule has 0 radical (unpaired) electrons. The minimum absolute atomic E-state index is 0.119. The second-order valence-corrected chi connectivity index (χ2v) is 3.26. The molecule has 1 aromatic carbocycles. The fourth-order valence-corrected chi connectivity index (χ4v) is 1.32. The number of hydrogen-bond donors (Lipinski definition) is 0. The topological polar surface area (TPSA) is 17.1 Å². The number of ketones is 1. The maximum Gasteiger partial charge on any atom is 0.152 e. The molecule has 13 heavy (non-hydrogen) atoms. The van der Waals surface area contributed by atoms with Crippen LogP contribution in [0.15, 0.2) is 42.0 Å². The third kappa shape index (κ3) is 3.70. The molecule has 0 heterocycles. The van der Waals surface area contributed by atoms with Crippen molar-refractivity contribution in [2.24, 2.45) is 0 Å². The lowest BCUT2D eigenvalue weighted by molar-refractivity contribution is -0.112. The van der Waals surface area contributed by atoms with Gasteiger partial charge in [0.05, 0.1) is 0 Å². The zero-order valence-corrected chi connectivity index (χ0v) is 8.08. The molecule has 1 rings (SSSR count). The summed E-state index contributed by atoms with van der Waals surface area (Å²) in [4.78, 5) is 10.8. The van der Waals surface area contributed by atoms with Crippen LogP contribution in [0.5, 0.6) is 0 Å². The van der Waals surface area contributed by atoms with E-state index in [1.807, 2.05) is 25.1 Å². The lowest BCUT2D eigenvalue weighted by atomic mass is 10.1. The molecule has 68 valence electrons. The van der Waals surface area contributed by atoms with Crippen LogP contribution in [0.3, 0.4) is 0 Å². The number of allylic oxidation sites excluding steroid dienone is 2. The van der Waals surface area contributed by atoms with E-state index in [9.17, 15) is 4.79 Å². The Morgan fingerprint density at radius 2 is 1.85 bits per heavy atom. The summed E-state index contributed by atoms with van der Waals surface area (Å²) >= 11 is 0. The van der Waals surface area contributed by atoms with Crippen molar-refractivity contribution in [1.82, 2.24) is 0 Å². The highest BCUT2D eigenvalue weighted by atomic mass is 16.1. The zero-order chi connectivity index (χ0) is 9.68. The summed E-state index contributed by atoms with van der Waals surface area (Å²) < 4.78 is 0. The molecule has 0 aliphatic carbocycles. The highest BCUT2D eigenvalue weighted by Crippen LogP contribution is 2.06. The second kappa shape index (κ2) is 4.61. The van der Waals surface area contributed by atoms with Crippen LogP contribution in [0, 0.1) is 0 Å². The molecule has 0 atom stereocenters. The van der Waals surface area contributed by atoms with Gasteiger partial charge in [-0.15, -0.1) is 0 Å². The average Bonchev–Trinajstić information content (AvgIpc) is 2.04. The fraction of sp³-hybridized carbons (Fsp3) is 0.250. The van der Waals surface area contributed by atoms with Crippen LogP contribution in [0.4, 0.5) is 0 Å². The molecule has 1 heteroatoms. The summed E-state index contributed by atoms with van der Waals surface area (Å²) in [6.07, 6.45) is 2.55. The Balaban J connectivity index is 2.65. The van der Waals surface area contributed by atoms with Crippen molar-refractivity contribution in [2.45, 2.75) is 20.3 Å². The molecule has 0 aliphatic rings. The Hall–Kier alpha value is -1.37. The lowest BCUT2D eigenvalue weighted by Crippen LogP contribution is -1.90. The van der Waals surface area contributed by atoms with E-state index in [0.717, 1.165) is 12.0 Å². The molecule has 0 fully saturated rings. The molecule has 1 aromatic rings. The van der Waals surface area contributed by atoms with Crippen molar-refractivity contribution in [2.75, 3.05) is 0 Å². The van der Waals surface area contributed by atoms with Gasteiger partial charge in [0.2, 0.25) is 0 Å². The summed E-state index contributed by atoms with van der Waals surface area (Å²) in [6, 6.07) is 10.1. The molecule has 0 unspecified atom stereocenters. The first-order valence-corrected chi connectivity index (χ1v) is 4.40. The van der Waals surface area contributed by atoms with Gasteiger partial charge in [-0.25, -0.2) is 0 Å². The molecule has 1 nitrogen and oxygen atoms in total. The van der Waals surface area contributed by atoms with E-state index in [-0.39, 0.29) is 5.78 Å². The molecular weight excluding hydrogens is 160 g/mol. The largest absolute Gasteiger partial charge is 0.295 e. The molecule has 0 bridgehead atoms. The predicted molar refractivity (Wildman–Crippen MR) is 54.6 cm³/mol. The van der Waals surface area contributed by atoms with Gasteiger partial charge in [0.25, 0.3) is 0 Å². The molecule has 0 aromatic heterocycles. The number of carbonyl (C=O) groups excluding carboxylic acids is 1. The number of rotatable bonds is 3. The minimum atomic E-state index is 0.119. The quantitative estimate of drug-likeness (QED) is 0.644. The summed E-state index contributed by atoms with van der Waals surface area (Å²) in [5.41, 5.74) is 2.36. The van der Waals surface area contributed by atoms with Crippen molar-refractivity contribution in [1.29, 1.82) is 0 Å². The molecular formula is C12H14O. The maximum atomic E-state index is 10.8. The first kappa shape index (κ1) is 9.72. The van der Waals surface area contributed by atoms with Crippen molar-refractivity contribution >= 4 is 5.78 Å². The second-order valence-electron chi connectivity index (χ2n) is 3.26. The van der Waals surface area contributed by atoms with E-state index in [2.05, 4.69) is 12.1 Å². The van der Waals surface area contributed by atoms with Crippen LogP contribution in [-0.4, -0.2) is 5.78 Å². The van der Waals surface area contributed by atoms with E-state index in [0.29, 0.717) is 0 Å². The molecule has 0 N–H and O–H groups in total. The van der Waals surface area contributed by atoms with Crippen LogP contribution in [0.25, 0.3) is 0 Å². The number of hydrogen-bond acceptors (Lipinski definition) is 1. The molecule has 0 amide bonds. The smallest absolute Gasteiger partial charge is 0.152 e. The van der Waals surface area contributed by atoms with Crippen molar-refractivity contribution in [3.05, 3.63) is 47.5 Å². The lowest BCUT2D eigenvalue weighted by Gasteiger charge is -1.99. The first-order valence-electron chi connectivity index (χ1n) is 4.40. The van der Waals surface area contributed by atoms with Crippen molar-refractivity contribution < 1.29 is 4.79 Å². The first-order chi connectivity index (χ1) is 6.18. The molecule has 0 spiro atoms. The van der Waals surface area contributed by atoms with Crippen LogP contribution in [0.1, 0.15) is 19.4 Å².